The number of furan rings is 1. The fourth-order valence-corrected chi connectivity index (χ4v) is 1.86. The van der Waals surface area contributed by atoms with Crippen LogP contribution in [0.2, 0.25) is 0 Å². The standard InChI is InChI=1S/C15H13N5O2/c1-11-2-7-14(22-11)8-9-15(21)17-12-3-5-13(6-4-12)20-10-16-18-19-20/h2-10H,1H3,(H,17,21)/b9-8+. The highest BCUT2D eigenvalue weighted by molar-refractivity contribution is 6.01. The first-order valence-electron chi connectivity index (χ1n) is 6.60. The largest absolute Gasteiger partial charge is 0.462 e. The molecule has 0 aliphatic heterocycles. The van der Waals surface area contributed by atoms with Crippen molar-refractivity contribution in [2.45, 2.75) is 6.92 Å². The van der Waals surface area contributed by atoms with Gasteiger partial charge in [0.15, 0.2) is 0 Å². The van der Waals surface area contributed by atoms with Gasteiger partial charge in [0.2, 0.25) is 5.91 Å². The summed E-state index contributed by atoms with van der Waals surface area (Å²) >= 11 is 0. The zero-order chi connectivity index (χ0) is 15.4. The van der Waals surface area contributed by atoms with Gasteiger partial charge in [-0.1, -0.05) is 0 Å². The number of amides is 1. The molecule has 1 N–H and O–H groups in total. The van der Waals surface area contributed by atoms with E-state index in [-0.39, 0.29) is 5.91 Å². The lowest BCUT2D eigenvalue weighted by Crippen LogP contribution is -2.07. The Morgan fingerprint density at radius 3 is 2.68 bits per heavy atom. The number of carbonyl (C=O) groups excluding carboxylic acids is 1. The van der Waals surface area contributed by atoms with Crippen LogP contribution in [0, 0.1) is 6.92 Å². The number of anilines is 1. The number of nitrogens with zero attached hydrogens (tertiary/aromatic N) is 4. The first kappa shape index (κ1) is 13.7. The van der Waals surface area contributed by atoms with Gasteiger partial charge < -0.3 is 9.73 Å². The molecule has 22 heavy (non-hydrogen) atoms. The van der Waals surface area contributed by atoms with Crippen LogP contribution in [0.1, 0.15) is 11.5 Å². The first-order chi connectivity index (χ1) is 10.7. The van der Waals surface area contributed by atoms with Gasteiger partial charge in [-0.15, -0.1) is 5.10 Å². The first-order valence-corrected chi connectivity index (χ1v) is 6.60. The van der Waals surface area contributed by atoms with Crippen molar-refractivity contribution in [2.75, 3.05) is 5.32 Å². The van der Waals surface area contributed by atoms with Gasteiger partial charge in [-0.2, -0.15) is 0 Å². The van der Waals surface area contributed by atoms with E-state index in [4.69, 9.17) is 4.42 Å². The minimum absolute atomic E-state index is 0.232. The molecule has 0 saturated carbocycles. The summed E-state index contributed by atoms with van der Waals surface area (Å²) in [4.78, 5) is 11.8. The minimum atomic E-state index is -0.232. The normalized spacial score (nSPS) is 11.0. The number of nitrogens with one attached hydrogen (secondary N) is 1. The smallest absolute Gasteiger partial charge is 0.248 e. The molecule has 2 aromatic heterocycles. The summed E-state index contributed by atoms with van der Waals surface area (Å²) in [5.41, 5.74) is 1.49. The van der Waals surface area contributed by atoms with E-state index in [1.165, 1.54) is 17.1 Å². The predicted octanol–water partition coefficient (Wildman–Crippen LogP) is 2.22. The van der Waals surface area contributed by atoms with Gasteiger partial charge in [0.05, 0.1) is 5.69 Å². The number of hydrogen-bond donors (Lipinski definition) is 1. The van der Waals surface area contributed by atoms with Crippen molar-refractivity contribution >= 4 is 17.7 Å². The van der Waals surface area contributed by atoms with E-state index in [0.717, 1.165) is 11.4 Å². The third-order valence-electron chi connectivity index (χ3n) is 2.91. The van der Waals surface area contributed by atoms with Crippen molar-refractivity contribution < 1.29 is 9.21 Å². The van der Waals surface area contributed by atoms with E-state index in [1.54, 1.807) is 24.3 Å². The van der Waals surface area contributed by atoms with Gasteiger partial charge in [-0.05, 0) is 59.8 Å². The number of carbonyl (C=O) groups is 1. The molecule has 0 atom stereocenters. The minimum Gasteiger partial charge on any atom is -0.462 e. The second-order valence-electron chi connectivity index (χ2n) is 4.57. The second-order valence-corrected chi connectivity index (χ2v) is 4.57. The quantitative estimate of drug-likeness (QED) is 0.746. The van der Waals surface area contributed by atoms with E-state index >= 15 is 0 Å². The Morgan fingerprint density at radius 2 is 2.05 bits per heavy atom. The fourth-order valence-electron chi connectivity index (χ4n) is 1.86. The Kier molecular flexibility index (Phi) is 3.78. The van der Waals surface area contributed by atoms with Crippen LogP contribution in [0.15, 0.2) is 53.2 Å². The third kappa shape index (κ3) is 3.26. The van der Waals surface area contributed by atoms with Crippen molar-refractivity contribution in [1.29, 1.82) is 0 Å². The van der Waals surface area contributed by atoms with Crippen LogP contribution in [0.5, 0.6) is 0 Å². The summed E-state index contributed by atoms with van der Waals surface area (Å²) in [5, 5.41) is 13.7. The van der Waals surface area contributed by atoms with E-state index in [0.29, 0.717) is 11.4 Å². The molecule has 7 nitrogen and oxygen atoms in total. The number of aromatic nitrogens is 4. The van der Waals surface area contributed by atoms with Crippen LogP contribution >= 0.6 is 0 Å². The van der Waals surface area contributed by atoms with Gasteiger partial charge >= 0.3 is 0 Å². The number of benzene rings is 1. The average Bonchev–Trinajstić information content (AvgIpc) is 3.17. The molecule has 0 radical (unpaired) electrons. The van der Waals surface area contributed by atoms with E-state index in [1.807, 2.05) is 25.1 Å². The molecular weight excluding hydrogens is 282 g/mol. The lowest BCUT2D eigenvalue weighted by Gasteiger charge is -2.03. The van der Waals surface area contributed by atoms with Crippen LogP contribution in [-0.2, 0) is 4.79 Å². The molecule has 0 saturated heterocycles. The molecule has 1 amide bonds. The highest BCUT2D eigenvalue weighted by Gasteiger charge is 2.01. The number of hydrogen-bond acceptors (Lipinski definition) is 5. The lowest BCUT2D eigenvalue weighted by atomic mass is 10.2. The maximum Gasteiger partial charge on any atom is 0.248 e. The molecule has 0 bridgehead atoms. The molecule has 3 aromatic rings. The van der Waals surface area contributed by atoms with Crippen LogP contribution in [0.25, 0.3) is 11.8 Å². The molecule has 7 heteroatoms. The van der Waals surface area contributed by atoms with E-state index in [9.17, 15) is 4.79 Å². The van der Waals surface area contributed by atoms with Crippen LogP contribution in [-0.4, -0.2) is 26.1 Å². The molecule has 0 aliphatic carbocycles. The van der Waals surface area contributed by atoms with Crippen LogP contribution < -0.4 is 5.32 Å². The molecule has 2 heterocycles. The Balaban J connectivity index is 1.63. The zero-order valence-corrected chi connectivity index (χ0v) is 11.8. The maximum atomic E-state index is 11.8. The number of rotatable bonds is 4. The zero-order valence-electron chi connectivity index (χ0n) is 11.8. The summed E-state index contributed by atoms with van der Waals surface area (Å²) in [5.74, 6) is 1.21. The summed E-state index contributed by atoms with van der Waals surface area (Å²) in [6, 6.07) is 10.8. The Labute approximate surface area is 126 Å². The Hall–Kier alpha value is -3.22. The molecule has 3 rings (SSSR count). The topological polar surface area (TPSA) is 85.8 Å². The lowest BCUT2D eigenvalue weighted by molar-refractivity contribution is -0.111. The fraction of sp³-hybridized carbons (Fsp3) is 0.0667. The van der Waals surface area contributed by atoms with Gasteiger partial charge in [0.25, 0.3) is 0 Å². The highest BCUT2D eigenvalue weighted by Crippen LogP contribution is 2.12. The van der Waals surface area contributed by atoms with Crippen molar-refractivity contribution in [2.24, 2.45) is 0 Å². The van der Waals surface area contributed by atoms with Crippen molar-refractivity contribution in [1.82, 2.24) is 20.2 Å². The van der Waals surface area contributed by atoms with Crippen molar-refractivity contribution in [3.05, 3.63) is 60.3 Å². The Bertz CT molecular complexity index is 788. The second kappa shape index (κ2) is 6.04. The summed E-state index contributed by atoms with van der Waals surface area (Å²) in [7, 11) is 0. The average molecular weight is 295 g/mol. The van der Waals surface area contributed by atoms with E-state index in [2.05, 4.69) is 20.8 Å². The highest BCUT2D eigenvalue weighted by atomic mass is 16.3. The molecule has 0 fully saturated rings. The van der Waals surface area contributed by atoms with Crippen LogP contribution in [0.3, 0.4) is 0 Å². The van der Waals surface area contributed by atoms with Gasteiger partial charge in [-0.25, -0.2) is 4.68 Å². The van der Waals surface area contributed by atoms with E-state index < -0.39 is 0 Å². The summed E-state index contributed by atoms with van der Waals surface area (Å²) < 4.78 is 6.89. The Morgan fingerprint density at radius 1 is 1.23 bits per heavy atom. The molecule has 110 valence electrons. The summed E-state index contributed by atoms with van der Waals surface area (Å²) in [6.07, 6.45) is 4.55. The number of aryl methyl sites for hydroxylation is 1. The molecule has 0 unspecified atom stereocenters. The predicted molar refractivity (Wildman–Crippen MR) is 80.3 cm³/mol. The maximum absolute atomic E-state index is 11.8. The third-order valence-corrected chi connectivity index (χ3v) is 2.91. The van der Waals surface area contributed by atoms with Gasteiger partial charge in [0.1, 0.15) is 17.8 Å². The molecule has 0 spiro atoms. The molecule has 0 aliphatic rings. The van der Waals surface area contributed by atoms with Gasteiger partial charge in [0, 0.05) is 11.8 Å². The SMILES string of the molecule is Cc1ccc(/C=C/C(=O)Nc2ccc(-n3cnnn3)cc2)o1. The molecular formula is C15H13N5O2. The molecule has 1 aromatic carbocycles. The summed E-state index contributed by atoms with van der Waals surface area (Å²) in [6.45, 7) is 1.85. The van der Waals surface area contributed by atoms with Crippen molar-refractivity contribution in [3.63, 3.8) is 0 Å². The van der Waals surface area contributed by atoms with Crippen LogP contribution in [0.4, 0.5) is 5.69 Å². The monoisotopic (exact) mass is 295 g/mol. The van der Waals surface area contributed by atoms with Gasteiger partial charge in [-0.3, -0.25) is 4.79 Å². The van der Waals surface area contributed by atoms with Crippen molar-refractivity contribution in [3.8, 4) is 5.69 Å². The number of tetrazole rings is 1.